The van der Waals surface area contributed by atoms with Crippen LogP contribution in [0.1, 0.15) is 50.4 Å². The predicted molar refractivity (Wildman–Crippen MR) is 316 cm³/mol. The third-order valence-electron chi connectivity index (χ3n) is 15.2. The number of aromatic nitrogens is 6. The van der Waals surface area contributed by atoms with E-state index in [1.54, 1.807) is 12.2 Å². The lowest BCUT2D eigenvalue weighted by molar-refractivity contribution is -0.125. The zero-order valence-corrected chi connectivity index (χ0v) is 46.6. The highest BCUT2D eigenvalue weighted by molar-refractivity contribution is 6.35. The summed E-state index contributed by atoms with van der Waals surface area (Å²) in [7, 11) is 4.13. The molecule has 11 rings (SSSR count). The van der Waals surface area contributed by atoms with Crippen LogP contribution in [-0.4, -0.2) is 140 Å². The number of likely N-dealkylation sites (N-methyl/N-ethyl adjacent to an activating group) is 2. The lowest BCUT2D eigenvalue weighted by Crippen LogP contribution is -2.32. The fourth-order valence-electron chi connectivity index (χ4n) is 11.1. The number of nitrogen functional groups attached to an aromatic ring is 2. The van der Waals surface area contributed by atoms with E-state index < -0.39 is 0 Å². The summed E-state index contributed by atoms with van der Waals surface area (Å²) in [6.07, 6.45) is 14.0. The molecule has 4 aromatic carbocycles. The summed E-state index contributed by atoms with van der Waals surface area (Å²) >= 11 is 7.07. The molecular formula is C62H69ClN12O5. The number of amides is 2. The molecule has 0 aliphatic carbocycles. The summed E-state index contributed by atoms with van der Waals surface area (Å²) < 4.78 is 21.7. The molecule has 18 heteroatoms. The number of para-hydroxylation sites is 2. The molecule has 17 nitrogen and oxygen atoms in total. The minimum Gasteiger partial charge on any atom is -0.457 e. The van der Waals surface area contributed by atoms with Gasteiger partial charge in [-0.05, 0) is 113 Å². The zero-order valence-electron chi connectivity index (χ0n) is 45.8. The van der Waals surface area contributed by atoms with Crippen LogP contribution in [0.5, 0.6) is 23.0 Å². The van der Waals surface area contributed by atoms with Gasteiger partial charge in [0.2, 0.25) is 11.8 Å². The Hall–Kier alpha value is -8.09. The maximum absolute atomic E-state index is 13.0. The third-order valence-corrected chi connectivity index (χ3v) is 15.6. The van der Waals surface area contributed by atoms with Gasteiger partial charge in [0.25, 0.3) is 0 Å². The SMILES string of the molecule is CCCN(C)C/C=C/C(=O)N1CC[C@@H](n2c(Cl)c(-c3ccc(Oc4ccccc4)cc3)c3c(N)ncnc32)C1.Cc1c(-c2ccc(Oc3ccccc3)cc2)c2c(N)ncnc2n1[C@@H]1CCN(C(=O)/C=C/CN(C)[C@@H]2CCOC2)C1. The van der Waals surface area contributed by atoms with E-state index in [9.17, 15) is 9.59 Å². The number of nitrogens with zero attached hydrogens (tertiary/aromatic N) is 10. The largest absolute Gasteiger partial charge is 0.457 e. The summed E-state index contributed by atoms with van der Waals surface area (Å²) in [5.74, 6) is 3.89. The van der Waals surface area contributed by atoms with Gasteiger partial charge in [0.15, 0.2) is 0 Å². The van der Waals surface area contributed by atoms with E-state index in [1.807, 2.05) is 136 Å². The highest BCUT2D eigenvalue weighted by Crippen LogP contribution is 2.44. The molecule has 8 aromatic rings. The van der Waals surface area contributed by atoms with E-state index in [1.165, 1.54) is 12.7 Å². The zero-order chi connectivity index (χ0) is 55.7. The standard InChI is InChI=1S/C32H36N6O3.C30H33ClN6O2/c1-22-29(23-10-12-27(13-11-23)41-26-7-4-3-5-8-26)30-31(33)34-21-35-32(30)38(22)24-14-17-37(19-24)28(39)9-6-16-36(2)25-15-18-40-20-25;1-3-16-35(2)17-7-10-25(38)36-18-15-22(19-36)37-28(31)26(27-29(32)33-20-34-30(27)37)21-11-13-24(14-12-21)39-23-8-5-4-6-9-23/h3-13,21,24-25H,14-20H2,1-2H3,(H2,33,34,35);4-14,20,22H,3,15-19H2,1-2H3,(H2,32,33,34)/b9-6+;10-7+/t24-,25-;22-/m11/s1. The van der Waals surface area contributed by atoms with Crippen molar-refractivity contribution >= 4 is 57.1 Å². The summed E-state index contributed by atoms with van der Waals surface area (Å²) in [6, 6.07) is 35.6. The number of carbonyl (C=O) groups is 2. The fourth-order valence-corrected chi connectivity index (χ4v) is 11.5. The maximum Gasteiger partial charge on any atom is 0.246 e. The predicted octanol–water partition coefficient (Wildman–Crippen LogP) is 10.6. The second kappa shape index (κ2) is 25.4. The fraction of sp³-hybridized carbons (Fsp3) is 0.323. The summed E-state index contributed by atoms with van der Waals surface area (Å²) in [5.41, 5.74) is 19.0. The third kappa shape index (κ3) is 12.4. The van der Waals surface area contributed by atoms with E-state index in [4.69, 9.17) is 37.3 Å². The molecular weight excluding hydrogens is 1030 g/mol. The number of nitrogens with two attached hydrogens (primary N) is 2. The van der Waals surface area contributed by atoms with E-state index in [2.05, 4.69) is 62.2 Å². The summed E-state index contributed by atoms with van der Waals surface area (Å²) in [5, 5.41) is 2.08. The number of hydrogen-bond acceptors (Lipinski definition) is 13. The molecule has 0 unspecified atom stereocenters. The van der Waals surface area contributed by atoms with Crippen molar-refractivity contribution in [2.75, 3.05) is 84.6 Å². The van der Waals surface area contributed by atoms with Crippen LogP contribution in [0.2, 0.25) is 5.15 Å². The molecule has 0 bridgehead atoms. The Morgan fingerprint density at radius 2 is 1.15 bits per heavy atom. The minimum atomic E-state index is -0.0242. The molecule has 4 N–H and O–H groups in total. The molecule has 80 heavy (non-hydrogen) atoms. The van der Waals surface area contributed by atoms with Crippen molar-refractivity contribution in [3.63, 3.8) is 0 Å². The van der Waals surface area contributed by atoms with Crippen LogP contribution in [0.25, 0.3) is 44.3 Å². The number of fused-ring (bicyclic) bond motifs is 2. The van der Waals surface area contributed by atoms with E-state index in [-0.39, 0.29) is 23.9 Å². The Morgan fingerprint density at radius 3 is 1.68 bits per heavy atom. The molecule has 3 fully saturated rings. The molecule has 414 valence electrons. The number of rotatable bonds is 17. The Morgan fingerprint density at radius 1 is 0.662 bits per heavy atom. The molecule has 2 amide bonds. The van der Waals surface area contributed by atoms with Crippen molar-refractivity contribution in [2.45, 2.75) is 57.7 Å². The van der Waals surface area contributed by atoms with Crippen molar-refractivity contribution < 1.29 is 23.8 Å². The molecule has 3 saturated heterocycles. The average Bonchev–Trinajstić information content (AvgIpc) is 4.13. The molecule has 3 aliphatic rings. The normalized spacial score (nSPS) is 17.4. The van der Waals surface area contributed by atoms with E-state index in [0.717, 1.165) is 115 Å². The summed E-state index contributed by atoms with van der Waals surface area (Å²) in [4.78, 5) is 51.9. The Kier molecular flexibility index (Phi) is 17.5. The van der Waals surface area contributed by atoms with Crippen LogP contribution in [0.15, 0.2) is 146 Å². The molecule has 3 atom stereocenters. The van der Waals surface area contributed by atoms with Crippen molar-refractivity contribution in [2.24, 2.45) is 0 Å². The lowest BCUT2D eigenvalue weighted by Gasteiger charge is -2.21. The molecule has 0 spiro atoms. The van der Waals surface area contributed by atoms with Gasteiger partial charge in [0.1, 0.15) is 63.7 Å². The molecule has 0 saturated carbocycles. The number of halogens is 1. The van der Waals surface area contributed by atoms with Crippen LogP contribution in [0.3, 0.4) is 0 Å². The summed E-state index contributed by atoms with van der Waals surface area (Å²) in [6.45, 7) is 10.8. The number of benzene rings is 4. The quantitative estimate of drug-likeness (QED) is 0.0821. The molecule has 7 heterocycles. The lowest BCUT2D eigenvalue weighted by atomic mass is 10.0. The van der Waals surface area contributed by atoms with Crippen molar-refractivity contribution in [1.82, 2.24) is 48.7 Å². The van der Waals surface area contributed by atoms with Gasteiger partial charge in [-0.2, -0.15) is 0 Å². The molecule has 3 aliphatic heterocycles. The highest BCUT2D eigenvalue weighted by Gasteiger charge is 2.33. The van der Waals surface area contributed by atoms with Crippen LogP contribution >= 0.6 is 11.6 Å². The van der Waals surface area contributed by atoms with Crippen molar-refractivity contribution in [1.29, 1.82) is 0 Å². The average molecular weight is 1100 g/mol. The van der Waals surface area contributed by atoms with Gasteiger partial charge in [-0.3, -0.25) is 14.5 Å². The van der Waals surface area contributed by atoms with Crippen molar-refractivity contribution in [3.8, 4) is 45.3 Å². The smallest absolute Gasteiger partial charge is 0.246 e. The van der Waals surface area contributed by atoms with Crippen molar-refractivity contribution in [3.05, 3.63) is 157 Å². The molecule has 0 radical (unpaired) electrons. The second-order valence-corrected chi connectivity index (χ2v) is 21.0. The van der Waals surface area contributed by atoms with Gasteiger partial charge in [-0.1, -0.05) is 91.3 Å². The second-order valence-electron chi connectivity index (χ2n) is 20.6. The number of hydrogen-bond donors (Lipinski definition) is 2. The number of carbonyl (C=O) groups excluding carboxylic acids is 2. The van der Waals surface area contributed by atoms with E-state index >= 15 is 0 Å². The van der Waals surface area contributed by atoms with Gasteiger partial charge in [0.05, 0.1) is 29.5 Å². The number of likely N-dealkylation sites (tertiary alicyclic amines) is 2. The first-order valence-corrected chi connectivity index (χ1v) is 27.8. The van der Waals surface area contributed by atoms with Gasteiger partial charge in [0, 0.05) is 80.9 Å². The number of ether oxygens (including phenoxy) is 3. The number of anilines is 2. The van der Waals surface area contributed by atoms with Crippen LogP contribution in [-0.2, 0) is 14.3 Å². The first-order valence-electron chi connectivity index (χ1n) is 27.4. The van der Waals surface area contributed by atoms with Gasteiger partial charge >= 0.3 is 0 Å². The van der Waals surface area contributed by atoms with Gasteiger partial charge in [-0.15, -0.1) is 0 Å². The van der Waals surface area contributed by atoms with E-state index in [0.29, 0.717) is 65.8 Å². The van der Waals surface area contributed by atoms with Crippen LogP contribution < -0.4 is 20.9 Å². The first kappa shape index (κ1) is 55.2. The Balaban J connectivity index is 0.000000180. The van der Waals surface area contributed by atoms with Gasteiger partial charge < -0.3 is 49.5 Å². The Labute approximate surface area is 472 Å². The highest BCUT2D eigenvalue weighted by atomic mass is 35.5. The topological polar surface area (TPSA) is 188 Å². The monoisotopic (exact) mass is 1100 g/mol. The Bertz CT molecular complexity index is 3470. The first-order chi connectivity index (χ1) is 38.9. The maximum atomic E-state index is 13.0. The van der Waals surface area contributed by atoms with Crippen LogP contribution in [0.4, 0.5) is 11.6 Å². The van der Waals surface area contributed by atoms with Crippen LogP contribution in [0, 0.1) is 6.92 Å². The van der Waals surface area contributed by atoms with Gasteiger partial charge in [-0.25, -0.2) is 19.9 Å². The minimum absolute atomic E-state index is 0.0124. The molecule has 4 aromatic heterocycles.